The van der Waals surface area contributed by atoms with Gasteiger partial charge in [-0.05, 0) is 35.4 Å². The molecule has 2 aliphatic heterocycles. The Morgan fingerprint density at radius 1 is 0.500 bits per heavy atom. The lowest BCUT2D eigenvalue weighted by Crippen LogP contribution is -3.12. The first kappa shape index (κ1) is 26.5. The minimum Gasteiger partial charge on any atom is -0.445 e. The molecule has 2 heterocycles. The van der Waals surface area contributed by atoms with Gasteiger partial charge in [-0.2, -0.15) is 0 Å². The molecular weight excluding hydrogens is 466 g/mol. The molecule has 0 amide bonds. The Morgan fingerprint density at radius 3 is 1.00 bits per heavy atom. The van der Waals surface area contributed by atoms with Crippen molar-refractivity contribution in [1.82, 2.24) is 0 Å². The molecule has 2 nitrogen and oxygen atoms in total. The summed E-state index contributed by atoms with van der Waals surface area (Å²) in [5.74, 6) is -3.92. The third kappa shape index (κ3) is 6.97. The lowest BCUT2D eigenvalue weighted by molar-refractivity contribution is -0.909. The fourth-order valence-electron chi connectivity index (χ4n) is 5.06. The highest BCUT2D eigenvalue weighted by atomic mass is 19.4. The lowest BCUT2D eigenvalue weighted by Gasteiger charge is -2.32. The predicted molar refractivity (Wildman–Crippen MR) is 116 cm³/mol. The van der Waals surface area contributed by atoms with E-state index < -0.39 is 37.5 Å². The fourth-order valence-corrected chi connectivity index (χ4v) is 5.06. The normalized spacial score (nSPS) is 19.5. The number of nitrogens with one attached hydrogen (secondary N) is 2. The molecule has 2 atom stereocenters. The van der Waals surface area contributed by atoms with Crippen molar-refractivity contribution in [2.75, 3.05) is 26.2 Å². The van der Waals surface area contributed by atoms with E-state index >= 15 is 0 Å². The summed E-state index contributed by atoms with van der Waals surface area (Å²) in [6.07, 6.45) is 3.33. The van der Waals surface area contributed by atoms with Crippen LogP contribution in [-0.2, 0) is 0 Å². The van der Waals surface area contributed by atoms with Gasteiger partial charge in [0.05, 0.1) is 38.1 Å². The third-order valence-corrected chi connectivity index (χ3v) is 6.59. The molecule has 188 valence electrons. The van der Waals surface area contributed by atoms with E-state index in [0.29, 0.717) is 36.0 Å². The molecule has 34 heavy (non-hydrogen) atoms. The zero-order chi connectivity index (χ0) is 24.9. The van der Waals surface area contributed by atoms with Gasteiger partial charge in [0.2, 0.25) is 0 Å². The summed E-state index contributed by atoms with van der Waals surface area (Å²) in [4.78, 5) is 1.12. The van der Waals surface area contributed by atoms with Crippen molar-refractivity contribution < 1.29 is 44.5 Å². The molecule has 0 spiro atoms. The Balaban J connectivity index is 0.000000191. The van der Waals surface area contributed by atoms with Crippen LogP contribution < -0.4 is 9.80 Å². The third-order valence-electron chi connectivity index (χ3n) is 6.59. The molecule has 2 saturated heterocycles. The van der Waals surface area contributed by atoms with E-state index in [1.807, 2.05) is 0 Å². The molecule has 2 aliphatic rings. The van der Waals surface area contributed by atoms with Gasteiger partial charge in [-0.15, -0.1) is 0 Å². The second-order valence-electron chi connectivity index (χ2n) is 9.04. The van der Waals surface area contributed by atoms with E-state index in [2.05, 4.69) is 0 Å². The van der Waals surface area contributed by atoms with Crippen LogP contribution in [0.1, 0.15) is 48.7 Å². The van der Waals surface area contributed by atoms with Crippen LogP contribution >= 0.6 is 0 Å². The number of likely N-dealkylation sites (tertiary alicyclic amines) is 2. The monoisotopic (exact) mass is 494 g/mol. The van der Waals surface area contributed by atoms with Crippen molar-refractivity contribution in [3.63, 3.8) is 0 Å². The molecule has 0 saturated carbocycles. The number of hydrogen-bond acceptors (Lipinski definition) is 0. The van der Waals surface area contributed by atoms with E-state index in [-0.39, 0.29) is 11.1 Å². The van der Waals surface area contributed by atoms with E-state index in [4.69, 9.17) is 0 Å². The van der Waals surface area contributed by atoms with Crippen molar-refractivity contribution >= 4 is 14.0 Å². The average molecular weight is 494 g/mol. The molecule has 2 aromatic carbocycles. The summed E-state index contributed by atoms with van der Waals surface area (Å²) >= 11 is 0. The number of benzene rings is 2. The number of halogens is 8. The molecule has 4 rings (SSSR count). The van der Waals surface area contributed by atoms with Crippen LogP contribution in [0, 0.1) is 11.6 Å². The van der Waals surface area contributed by atoms with Gasteiger partial charge < -0.3 is 35.7 Å². The molecule has 0 radical (unpaired) electrons. The average Bonchev–Trinajstić information content (AvgIpc) is 3.45. The summed E-state index contributed by atoms with van der Waals surface area (Å²) in [7, 11) is 0. The van der Waals surface area contributed by atoms with Crippen LogP contribution in [0.25, 0.3) is 0 Å². The molecule has 2 fully saturated rings. The van der Waals surface area contributed by atoms with Crippen molar-refractivity contribution in [2.24, 2.45) is 0 Å². The van der Waals surface area contributed by atoms with Crippen LogP contribution in [0.2, 0.25) is 0 Å². The van der Waals surface area contributed by atoms with Crippen LogP contribution in [0.5, 0.6) is 0 Å². The van der Waals surface area contributed by atoms with Gasteiger partial charge >= 0.3 is 14.0 Å². The number of rotatable bonds is 6. The second-order valence-corrected chi connectivity index (χ2v) is 9.04. The highest BCUT2D eigenvalue weighted by Gasteiger charge is 2.45. The maximum absolute atomic E-state index is 13.1. The minimum absolute atomic E-state index is 0.177. The van der Waals surface area contributed by atoms with E-state index in [1.165, 1.54) is 24.3 Å². The lowest BCUT2D eigenvalue weighted by atomic mass is 9.74. The van der Waals surface area contributed by atoms with Gasteiger partial charge in [-0.25, -0.2) is 8.78 Å². The smallest absolute Gasteiger partial charge is 0.445 e. The summed E-state index contributed by atoms with van der Waals surface area (Å²) < 4.78 is 104. The Kier molecular flexibility index (Phi) is 8.67. The Hall–Kier alpha value is -2.07. The first-order valence-corrected chi connectivity index (χ1v) is 11.6. The highest BCUT2D eigenvalue weighted by molar-refractivity contribution is 6.60. The zero-order valence-corrected chi connectivity index (χ0v) is 18.6. The van der Waals surface area contributed by atoms with E-state index in [9.17, 15) is 34.7 Å². The zero-order valence-electron chi connectivity index (χ0n) is 18.6. The van der Waals surface area contributed by atoms with Crippen LogP contribution in [0.4, 0.5) is 34.7 Å². The van der Waals surface area contributed by atoms with Crippen LogP contribution in [0.15, 0.2) is 48.5 Å². The number of quaternary nitrogens is 2. The predicted octanol–water partition coefficient (Wildman–Crippen LogP) is 3.86. The molecule has 0 unspecified atom stereocenters. The maximum atomic E-state index is 13.1. The van der Waals surface area contributed by atoms with Gasteiger partial charge in [0.15, 0.2) is 0 Å². The van der Waals surface area contributed by atoms with E-state index in [1.54, 1.807) is 0 Å². The van der Waals surface area contributed by atoms with Crippen molar-refractivity contribution in [3.8, 4) is 0 Å². The Morgan fingerprint density at radius 2 is 0.765 bits per heavy atom. The van der Waals surface area contributed by atoms with Gasteiger partial charge in [0.25, 0.3) is 0 Å². The summed E-state index contributed by atoms with van der Waals surface area (Å²) in [6, 6.07) is 9.39. The standard InChI is InChI=1S/2C11H13BF4N/c2*13-10-5-3-9(4-6-10)11(12(14,15)16)17-7-1-2-8-17/h2*3-6,11H,1-2,7-8H2/q2*-1/p+2/t2*11-/m10/s1. The molecule has 0 aliphatic carbocycles. The van der Waals surface area contributed by atoms with Crippen LogP contribution in [-0.4, -0.2) is 40.1 Å². The van der Waals surface area contributed by atoms with Crippen LogP contribution in [0.3, 0.4) is 0 Å². The number of hydrogen-bond donors (Lipinski definition) is 2. The first-order valence-electron chi connectivity index (χ1n) is 11.6. The summed E-state index contributed by atoms with van der Waals surface area (Å²) in [5, 5.41) is 0. The topological polar surface area (TPSA) is 8.88 Å². The Labute approximate surface area is 194 Å². The van der Waals surface area contributed by atoms with Crippen molar-refractivity contribution in [3.05, 3.63) is 71.3 Å². The quantitative estimate of drug-likeness (QED) is 0.446. The van der Waals surface area contributed by atoms with Crippen molar-refractivity contribution in [1.29, 1.82) is 0 Å². The fraction of sp³-hybridized carbons (Fsp3) is 0.455. The molecule has 0 aromatic heterocycles. The SMILES string of the molecule is Fc1ccc([C@@H]([NH+]2CCCC2)[B-](F)(F)F)cc1.Fc1ccc([C@H]([NH+]2CCCC2)[B-](F)(F)F)cc1. The largest absolute Gasteiger partial charge is 0.539 e. The Bertz CT molecular complexity index is 816. The van der Waals surface area contributed by atoms with Gasteiger partial charge in [0.1, 0.15) is 11.6 Å². The van der Waals surface area contributed by atoms with Gasteiger partial charge in [-0.3, -0.25) is 0 Å². The molecule has 12 heteroatoms. The minimum atomic E-state index is -4.95. The molecular formula is C22H28B2F8N2. The molecule has 2 aromatic rings. The molecule has 2 N–H and O–H groups in total. The molecule has 0 bridgehead atoms. The first-order chi connectivity index (χ1) is 16.0. The van der Waals surface area contributed by atoms with Gasteiger partial charge in [-0.1, -0.05) is 24.3 Å². The second kappa shape index (κ2) is 11.1. The van der Waals surface area contributed by atoms with Crippen molar-refractivity contribution in [2.45, 2.75) is 37.6 Å². The van der Waals surface area contributed by atoms with E-state index in [0.717, 1.165) is 49.9 Å². The summed E-state index contributed by atoms with van der Waals surface area (Å²) in [6.45, 7) is -7.72. The summed E-state index contributed by atoms with van der Waals surface area (Å²) in [5.41, 5.74) is 0.353. The highest BCUT2D eigenvalue weighted by Crippen LogP contribution is 2.27. The maximum Gasteiger partial charge on any atom is 0.539 e. The van der Waals surface area contributed by atoms with Gasteiger partial charge in [0, 0.05) is 25.7 Å².